The molecule has 2 rings (SSSR count). The van der Waals surface area contributed by atoms with Crippen LogP contribution in [0.15, 0.2) is 46.4 Å². The lowest BCUT2D eigenvalue weighted by atomic mass is 10.1. The average Bonchev–Trinajstić information content (AvgIpc) is 3.02. The summed E-state index contributed by atoms with van der Waals surface area (Å²) in [6.07, 6.45) is 15.2. The molecular weight excluding hydrogens is 364 g/mol. The number of isocyanates is 2. The van der Waals surface area contributed by atoms with Crippen LogP contribution < -0.4 is 0 Å². The molecule has 2 aliphatic carbocycles. The number of hydrogen-bond donors (Lipinski definition) is 0. The van der Waals surface area contributed by atoms with E-state index in [0.717, 1.165) is 25.0 Å². The summed E-state index contributed by atoms with van der Waals surface area (Å²) >= 11 is 0. The summed E-state index contributed by atoms with van der Waals surface area (Å²) in [6, 6.07) is -0.479. The topological polar surface area (TPSA) is 111 Å². The molecule has 28 heavy (non-hydrogen) atoms. The minimum Gasteiger partial charge on any atom is -0.455 e. The third-order valence-corrected chi connectivity index (χ3v) is 4.40. The second kappa shape index (κ2) is 11.6. The van der Waals surface area contributed by atoms with Gasteiger partial charge in [-0.05, 0) is 50.7 Å². The van der Waals surface area contributed by atoms with Gasteiger partial charge in [-0.1, -0.05) is 12.2 Å². The average molecular weight is 386 g/mol. The Labute approximate surface area is 162 Å². The number of rotatable bonds is 6. The van der Waals surface area contributed by atoms with Crippen molar-refractivity contribution in [1.29, 1.82) is 0 Å². The Balaban J connectivity index is 1.80. The van der Waals surface area contributed by atoms with Gasteiger partial charge in [0.25, 0.3) is 0 Å². The van der Waals surface area contributed by atoms with Gasteiger partial charge in [-0.3, -0.25) is 0 Å². The molecule has 0 aromatic rings. The lowest BCUT2D eigenvalue weighted by Crippen LogP contribution is -2.16. The summed E-state index contributed by atoms with van der Waals surface area (Å²) < 4.78 is 10.6. The maximum atomic E-state index is 11.9. The highest BCUT2D eigenvalue weighted by atomic mass is 16.5. The van der Waals surface area contributed by atoms with E-state index in [1.54, 1.807) is 24.3 Å². The molecule has 0 aliphatic heterocycles. The van der Waals surface area contributed by atoms with Crippen LogP contribution in [0.4, 0.5) is 0 Å². The smallest absolute Gasteiger partial charge is 0.331 e. The van der Waals surface area contributed by atoms with Crippen molar-refractivity contribution < 1.29 is 28.7 Å². The molecule has 0 heterocycles. The van der Waals surface area contributed by atoms with Gasteiger partial charge in [-0.15, -0.1) is 0 Å². The number of esters is 2. The maximum Gasteiger partial charge on any atom is 0.331 e. The van der Waals surface area contributed by atoms with Crippen molar-refractivity contribution in [3.63, 3.8) is 0 Å². The largest absolute Gasteiger partial charge is 0.455 e. The Bertz CT molecular complexity index is 682. The van der Waals surface area contributed by atoms with Crippen LogP contribution in [-0.2, 0) is 28.7 Å². The molecule has 0 bridgehead atoms. The number of aliphatic imine (C=N–C) groups is 2. The molecule has 4 atom stereocenters. The first-order valence-corrected chi connectivity index (χ1v) is 9.20. The Kier molecular flexibility index (Phi) is 8.79. The SMILES string of the molecule is O=C=NC1C=CC(OC(=O)C=CC(=O)OC2C=CC(N=C=O)CCC2)CCC1. The van der Waals surface area contributed by atoms with Crippen LogP contribution in [0, 0.1) is 0 Å². The number of carbonyl (C=O) groups excluding carboxylic acids is 4. The van der Waals surface area contributed by atoms with Gasteiger partial charge in [0.2, 0.25) is 12.2 Å². The Morgan fingerprint density at radius 1 is 0.750 bits per heavy atom. The van der Waals surface area contributed by atoms with Crippen molar-refractivity contribution in [2.24, 2.45) is 9.98 Å². The van der Waals surface area contributed by atoms with Crippen molar-refractivity contribution in [2.75, 3.05) is 0 Å². The first-order chi connectivity index (χ1) is 13.6. The number of carbonyl (C=O) groups is 2. The van der Waals surface area contributed by atoms with Gasteiger partial charge in [-0.2, -0.15) is 9.98 Å². The fourth-order valence-electron chi connectivity index (χ4n) is 3.01. The first-order valence-electron chi connectivity index (χ1n) is 9.20. The highest BCUT2D eigenvalue weighted by Gasteiger charge is 2.17. The lowest BCUT2D eigenvalue weighted by molar-refractivity contribution is -0.143. The molecule has 0 amide bonds. The fraction of sp³-hybridized carbons (Fsp3) is 0.500. The fourth-order valence-corrected chi connectivity index (χ4v) is 3.01. The third kappa shape index (κ3) is 7.66. The van der Waals surface area contributed by atoms with Crippen molar-refractivity contribution in [1.82, 2.24) is 0 Å². The molecule has 0 radical (unpaired) electrons. The van der Waals surface area contributed by atoms with E-state index in [9.17, 15) is 19.2 Å². The lowest BCUT2D eigenvalue weighted by Gasteiger charge is -2.12. The minimum atomic E-state index is -0.652. The molecular formula is C20H22N2O6. The molecule has 0 aromatic heterocycles. The van der Waals surface area contributed by atoms with E-state index in [2.05, 4.69) is 9.98 Å². The Hall–Kier alpha value is -3.08. The second-order valence-electron chi connectivity index (χ2n) is 6.49. The molecule has 0 spiro atoms. The van der Waals surface area contributed by atoms with Gasteiger partial charge in [0.1, 0.15) is 12.2 Å². The number of ether oxygens (including phenoxy) is 2. The van der Waals surface area contributed by atoms with Gasteiger partial charge in [-0.25, -0.2) is 19.2 Å². The molecule has 0 aromatic carbocycles. The zero-order valence-electron chi connectivity index (χ0n) is 15.4. The summed E-state index contributed by atoms with van der Waals surface area (Å²) in [6.45, 7) is 0. The summed E-state index contributed by atoms with van der Waals surface area (Å²) in [5.74, 6) is -1.30. The van der Waals surface area contributed by atoms with E-state index in [-0.39, 0.29) is 12.1 Å². The molecule has 2 aliphatic rings. The Morgan fingerprint density at radius 3 is 1.57 bits per heavy atom. The van der Waals surface area contributed by atoms with Crippen LogP contribution in [0.2, 0.25) is 0 Å². The molecule has 0 saturated heterocycles. The number of nitrogens with zero attached hydrogens (tertiary/aromatic N) is 2. The maximum absolute atomic E-state index is 11.9. The molecule has 8 nitrogen and oxygen atoms in total. The summed E-state index contributed by atoms with van der Waals surface area (Å²) in [5.41, 5.74) is 0. The third-order valence-electron chi connectivity index (χ3n) is 4.40. The van der Waals surface area contributed by atoms with Crippen molar-refractivity contribution in [2.45, 2.75) is 62.8 Å². The quantitative estimate of drug-likeness (QED) is 0.228. The normalized spacial score (nSPS) is 27.0. The molecule has 0 fully saturated rings. The van der Waals surface area contributed by atoms with Gasteiger partial charge in [0, 0.05) is 12.2 Å². The number of hydrogen-bond acceptors (Lipinski definition) is 8. The standard InChI is InChI=1S/C20H22N2O6/c23-13-21-15-3-1-5-17(9-7-15)27-19(25)11-12-20(26)28-18-6-2-4-16(8-10-18)22-14-24/h7-12,15-18H,1-6H2. The van der Waals surface area contributed by atoms with Crippen LogP contribution in [0.3, 0.4) is 0 Å². The van der Waals surface area contributed by atoms with Crippen LogP contribution in [0.25, 0.3) is 0 Å². The summed E-state index contributed by atoms with van der Waals surface area (Å²) in [7, 11) is 0. The molecule has 4 unspecified atom stereocenters. The van der Waals surface area contributed by atoms with Gasteiger partial charge in [0.05, 0.1) is 12.1 Å². The summed E-state index contributed by atoms with van der Waals surface area (Å²) in [5, 5.41) is 0. The predicted octanol–water partition coefficient (Wildman–Crippen LogP) is 2.26. The first kappa shape index (κ1) is 21.2. The van der Waals surface area contributed by atoms with Gasteiger partial charge >= 0.3 is 11.9 Å². The van der Waals surface area contributed by atoms with E-state index in [1.807, 2.05) is 0 Å². The van der Waals surface area contributed by atoms with Gasteiger partial charge in [0.15, 0.2) is 0 Å². The Morgan fingerprint density at radius 2 is 1.18 bits per heavy atom. The highest BCUT2D eigenvalue weighted by molar-refractivity contribution is 5.91. The zero-order chi connectivity index (χ0) is 20.2. The van der Waals surface area contributed by atoms with E-state index in [0.29, 0.717) is 25.7 Å². The van der Waals surface area contributed by atoms with Crippen molar-refractivity contribution >= 4 is 24.1 Å². The van der Waals surface area contributed by atoms with Crippen LogP contribution in [-0.4, -0.2) is 48.4 Å². The molecule has 0 N–H and O–H groups in total. The monoisotopic (exact) mass is 386 g/mol. The predicted molar refractivity (Wildman–Crippen MR) is 98.7 cm³/mol. The van der Waals surface area contributed by atoms with Crippen molar-refractivity contribution in [3.8, 4) is 0 Å². The van der Waals surface area contributed by atoms with E-state index in [4.69, 9.17) is 9.47 Å². The summed E-state index contributed by atoms with van der Waals surface area (Å²) in [4.78, 5) is 51.7. The van der Waals surface area contributed by atoms with Gasteiger partial charge < -0.3 is 9.47 Å². The van der Waals surface area contributed by atoms with Crippen molar-refractivity contribution in [3.05, 3.63) is 36.5 Å². The molecule has 148 valence electrons. The van der Waals surface area contributed by atoms with Crippen LogP contribution in [0.1, 0.15) is 38.5 Å². The zero-order valence-corrected chi connectivity index (χ0v) is 15.4. The highest BCUT2D eigenvalue weighted by Crippen LogP contribution is 2.18. The molecule has 0 saturated carbocycles. The molecule has 8 heteroatoms. The van der Waals surface area contributed by atoms with Crippen LogP contribution in [0.5, 0.6) is 0 Å². The second-order valence-corrected chi connectivity index (χ2v) is 6.49. The van der Waals surface area contributed by atoms with E-state index in [1.165, 1.54) is 12.2 Å². The van der Waals surface area contributed by atoms with E-state index < -0.39 is 24.1 Å². The van der Waals surface area contributed by atoms with E-state index >= 15 is 0 Å². The van der Waals surface area contributed by atoms with Crippen LogP contribution >= 0.6 is 0 Å². The minimum absolute atomic E-state index is 0.240.